The monoisotopic (exact) mass is 612 g/mol. The molecule has 1 aliphatic carbocycles. The molecule has 1 aromatic carbocycles. The summed E-state index contributed by atoms with van der Waals surface area (Å²) < 4.78 is 0. The molecule has 1 aromatic rings. The van der Waals surface area contributed by atoms with Crippen LogP contribution in [-0.4, -0.2) is 116 Å². The number of rotatable bonds is 14. The molecule has 0 spiro atoms. The van der Waals surface area contributed by atoms with E-state index >= 15 is 0 Å². The van der Waals surface area contributed by atoms with Crippen molar-refractivity contribution in [1.82, 2.24) is 36.4 Å². The smallest absolute Gasteiger partial charge is 0.245 e. The Labute approximate surface area is 258 Å². The van der Waals surface area contributed by atoms with E-state index < -0.39 is 18.0 Å². The third-order valence-corrected chi connectivity index (χ3v) is 8.37. The zero-order valence-electron chi connectivity index (χ0n) is 25.4. The fourth-order valence-electron chi connectivity index (χ4n) is 5.73. The lowest BCUT2D eigenvalue weighted by Crippen LogP contribution is -2.57. The van der Waals surface area contributed by atoms with Crippen LogP contribution in [0.3, 0.4) is 0 Å². The van der Waals surface area contributed by atoms with Gasteiger partial charge in [-0.2, -0.15) is 0 Å². The van der Waals surface area contributed by atoms with Crippen LogP contribution in [-0.2, 0) is 25.6 Å². The van der Waals surface area contributed by atoms with Gasteiger partial charge in [0.2, 0.25) is 23.6 Å². The second-order valence-corrected chi connectivity index (χ2v) is 12.0. The maximum Gasteiger partial charge on any atom is 0.245 e. The van der Waals surface area contributed by atoms with Crippen LogP contribution in [0.15, 0.2) is 30.3 Å². The van der Waals surface area contributed by atoms with Crippen molar-refractivity contribution in [3.63, 3.8) is 0 Å². The number of nitrogens with zero attached hydrogens (tertiary/aromatic N) is 2. The zero-order valence-corrected chi connectivity index (χ0v) is 25.4. The zero-order chi connectivity index (χ0) is 31.5. The van der Waals surface area contributed by atoms with Crippen molar-refractivity contribution in [3.05, 3.63) is 35.9 Å². The van der Waals surface area contributed by atoms with Gasteiger partial charge in [-0.15, -0.1) is 0 Å². The molecular weight excluding hydrogens is 564 g/mol. The summed E-state index contributed by atoms with van der Waals surface area (Å²) in [6, 6.07) is 7.03. The van der Waals surface area contributed by atoms with Gasteiger partial charge in [0.05, 0.1) is 18.5 Å². The molecule has 1 unspecified atom stereocenters. The number of likely N-dealkylation sites (tertiary alicyclic amines) is 1. The van der Waals surface area contributed by atoms with Gasteiger partial charge in [-0.25, -0.2) is 0 Å². The Morgan fingerprint density at radius 3 is 2.55 bits per heavy atom. The topological polar surface area (TPSA) is 211 Å². The summed E-state index contributed by atoms with van der Waals surface area (Å²) in [4.78, 5) is 56.2. The van der Waals surface area contributed by atoms with Crippen molar-refractivity contribution >= 4 is 29.6 Å². The first-order valence-corrected chi connectivity index (χ1v) is 15.7. The highest BCUT2D eigenvalue weighted by molar-refractivity contribution is 5.93. The molecule has 3 aliphatic rings. The van der Waals surface area contributed by atoms with Crippen molar-refractivity contribution < 1.29 is 19.2 Å². The number of nitrogens with one attached hydrogen (secondary N) is 6. The van der Waals surface area contributed by atoms with E-state index in [4.69, 9.17) is 16.9 Å². The summed E-state index contributed by atoms with van der Waals surface area (Å²) >= 11 is 0. The highest BCUT2D eigenvalue weighted by Gasteiger charge is 2.38. The van der Waals surface area contributed by atoms with E-state index in [1.807, 2.05) is 30.3 Å². The molecule has 0 aromatic heterocycles. The summed E-state index contributed by atoms with van der Waals surface area (Å²) in [6.07, 6.45) is 3.46. The summed E-state index contributed by atoms with van der Waals surface area (Å²) in [5, 5.41) is 22.6. The Hall–Kier alpha value is -3.75. The molecule has 242 valence electrons. The lowest BCUT2D eigenvalue weighted by atomic mass is 9.98. The SMILES string of the molecule is N=C(N)N1CCC[C@@H](CNC(=O)C[C@H](NC(=O)[C@H](N)Cc2ccccc2)C(=O)N(CCNC(=O)C2CNCCN2)C2CC2)C1. The maximum absolute atomic E-state index is 13.9. The molecule has 3 fully saturated rings. The van der Waals surface area contributed by atoms with Gasteiger partial charge in [0.15, 0.2) is 5.96 Å². The number of benzene rings is 1. The first-order chi connectivity index (χ1) is 21.2. The van der Waals surface area contributed by atoms with Crippen molar-refractivity contribution in [3.8, 4) is 0 Å². The molecule has 14 heteroatoms. The number of piperazine rings is 1. The van der Waals surface area contributed by atoms with Crippen molar-refractivity contribution in [2.75, 3.05) is 52.4 Å². The van der Waals surface area contributed by atoms with Crippen molar-refractivity contribution in [2.45, 2.75) is 62.7 Å². The molecule has 44 heavy (non-hydrogen) atoms. The van der Waals surface area contributed by atoms with Crippen LogP contribution in [0, 0.1) is 11.3 Å². The molecule has 2 saturated heterocycles. The third-order valence-electron chi connectivity index (χ3n) is 8.37. The van der Waals surface area contributed by atoms with Crippen molar-refractivity contribution in [2.24, 2.45) is 17.4 Å². The van der Waals surface area contributed by atoms with Gasteiger partial charge in [-0.3, -0.25) is 24.6 Å². The number of carbonyl (C=O) groups excluding carboxylic acids is 4. The average molecular weight is 613 g/mol. The molecule has 4 rings (SSSR count). The van der Waals surface area contributed by atoms with Gasteiger partial charge in [0, 0.05) is 58.4 Å². The third kappa shape index (κ3) is 10.2. The normalized spacial score (nSPS) is 21.4. The Morgan fingerprint density at radius 1 is 1.09 bits per heavy atom. The first kappa shape index (κ1) is 33.1. The molecule has 0 bridgehead atoms. The van der Waals surface area contributed by atoms with E-state index in [9.17, 15) is 19.2 Å². The van der Waals surface area contributed by atoms with Crippen LogP contribution in [0.5, 0.6) is 0 Å². The van der Waals surface area contributed by atoms with Crippen LogP contribution < -0.4 is 38.1 Å². The van der Waals surface area contributed by atoms with Crippen molar-refractivity contribution in [1.29, 1.82) is 5.41 Å². The number of carbonyl (C=O) groups is 4. The summed E-state index contributed by atoms with van der Waals surface area (Å²) in [7, 11) is 0. The summed E-state index contributed by atoms with van der Waals surface area (Å²) in [5.41, 5.74) is 12.8. The molecule has 4 amide bonds. The van der Waals surface area contributed by atoms with E-state index in [1.165, 1.54) is 0 Å². The minimum atomic E-state index is -1.11. The lowest BCUT2D eigenvalue weighted by Gasteiger charge is -2.33. The van der Waals surface area contributed by atoms with E-state index in [0.717, 1.165) is 44.3 Å². The molecular formula is C30H48N10O4. The molecule has 0 radical (unpaired) electrons. The van der Waals surface area contributed by atoms with Gasteiger partial charge in [0.25, 0.3) is 0 Å². The first-order valence-electron chi connectivity index (χ1n) is 15.7. The maximum atomic E-state index is 13.9. The number of piperidine rings is 1. The van der Waals surface area contributed by atoms with E-state index in [2.05, 4.69) is 26.6 Å². The van der Waals surface area contributed by atoms with E-state index in [0.29, 0.717) is 26.2 Å². The molecule has 10 N–H and O–H groups in total. The molecule has 2 heterocycles. The quantitative estimate of drug-likeness (QED) is 0.0847. The van der Waals surface area contributed by atoms with E-state index in [1.54, 1.807) is 9.80 Å². The Bertz CT molecular complexity index is 1140. The lowest BCUT2D eigenvalue weighted by molar-refractivity contribution is -0.139. The summed E-state index contributed by atoms with van der Waals surface area (Å²) in [6.45, 7) is 4.26. The fraction of sp³-hybridized carbons (Fsp3) is 0.633. The highest BCUT2D eigenvalue weighted by atomic mass is 16.2. The van der Waals surface area contributed by atoms with E-state index in [-0.39, 0.29) is 67.6 Å². The van der Waals surface area contributed by atoms with Gasteiger partial charge >= 0.3 is 0 Å². The molecule has 14 nitrogen and oxygen atoms in total. The average Bonchev–Trinajstić information content (AvgIpc) is 3.88. The number of guanidine groups is 1. The second-order valence-electron chi connectivity index (χ2n) is 12.0. The Kier molecular flexibility index (Phi) is 12.3. The Balaban J connectivity index is 1.37. The predicted molar refractivity (Wildman–Crippen MR) is 166 cm³/mol. The largest absolute Gasteiger partial charge is 0.370 e. The number of nitrogens with two attached hydrogens (primary N) is 2. The highest BCUT2D eigenvalue weighted by Crippen LogP contribution is 2.27. The predicted octanol–water partition coefficient (Wildman–Crippen LogP) is -2.18. The molecule has 1 saturated carbocycles. The van der Waals surface area contributed by atoms with Crippen LogP contribution in [0.1, 0.15) is 37.7 Å². The minimum Gasteiger partial charge on any atom is -0.370 e. The van der Waals surface area contributed by atoms with Crippen LogP contribution in [0.2, 0.25) is 0 Å². The van der Waals surface area contributed by atoms with Crippen LogP contribution >= 0.6 is 0 Å². The molecule has 2 aliphatic heterocycles. The summed E-state index contributed by atoms with van der Waals surface area (Å²) in [5.74, 6) is -1.23. The standard InChI is InChI=1S/C30H48N10O4/c31-23(15-20-5-2-1-3-6-20)27(42)38-24(16-26(41)37-17-21-7-4-13-39(19-21)30(32)33)29(44)40(22-8-9-22)14-12-36-28(43)25-18-34-10-11-35-25/h1-3,5-6,21-25,34-35H,4,7-19,31H2,(H3,32,33)(H,36,43)(H,37,41)(H,38,42)/t21-,23+,24-,25?/m0/s1. The number of hydrogen-bond donors (Lipinski definition) is 8. The van der Waals surface area contributed by atoms with Gasteiger partial charge in [0.1, 0.15) is 6.04 Å². The number of amides is 4. The van der Waals surface area contributed by atoms with Gasteiger partial charge in [-0.05, 0) is 43.6 Å². The van der Waals surface area contributed by atoms with Gasteiger partial charge in [-0.1, -0.05) is 30.3 Å². The van der Waals surface area contributed by atoms with Gasteiger partial charge < -0.3 is 47.9 Å². The van der Waals surface area contributed by atoms with Crippen LogP contribution in [0.25, 0.3) is 0 Å². The minimum absolute atomic E-state index is 0.00543. The fourth-order valence-corrected chi connectivity index (χ4v) is 5.73. The van der Waals surface area contributed by atoms with Crippen LogP contribution in [0.4, 0.5) is 0 Å². The molecule has 4 atom stereocenters. The second kappa shape index (κ2) is 16.4. The Morgan fingerprint density at radius 2 is 1.86 bits per heavy atom. The number of hydrogen-bond acceptors (Lipinski definition) is 8.